The Kier molecular flexibility index (Phi) is 4.78. The zero-order valence-electron chi connectivity index (χ0n) is 9.52. The van der Waals surface area contributed by atoms with Crippen LogP contribution in [0.5, 0.6) is 5.75 Å². The van der Waals surface area contributed by atoms with E-state index in [2.05, 4.69) is 0 Å². The van der Waals surface area contributed by atoms with Crippen molar-refractivity contribution >= 4 is 18.3 Å². The van der Waals surface area contributed by atoms with Crippen LogP contribution < -0.4 is 16.2 Å². The Labute approximate surface area is 107 Å². The van der Waals surface area contributed by atoms with E-state index in [9.17, 15) is 4.79 Å². The third-order valence-electron chi connectivity index (χ3n) is 2.74. The van der Waals surface area contributed by atoms with E-state index in [0.29, 0.717) is 18.0 Å². The molecule has 4 nitrogen and oxygen atoms in total. The standard InChI is InChI=1S/C12H16N2O2.ClH/c13-6-10-5-9(12(14)15)3-4-11(10)16-7-8-1-2-8;/h3-5,8H,1-2,6-7,13H2,(H2,14,15);1H. The first-order valence-corrected chi connectivity index (χ1v) is 5.46. The van der Waals surface area contributed by atoms with Crippen LogP contribution >= 0.6 is 12.4 Å². The molecule has 1 fully saturated rings. The van der Waals surface area contributed by atoms with E-state index in [1.54, 1.807) is 18.2 Å². The van der Waals surface area contributed by atoms with Crippen LogP contribution in [0.15, 0.2) is 18.2 Å². The number of benzene rings is 1. The third kappa shape index (κ3) is 3.61. The summed E-state index contributed by atoms with van der Waals surface area (Å²) >= 11 is 0. The normalized spacial score (nSPS) is 13.9. The Morgan fingerprint density at radius 1 is 1.41 bits per heavy atom. The fourth-order valence-electron chi connectivity index (χ4n) is 1.53. The molecule has 17 heavy (non-hydrogen) atoms. The number of halogens is 1. The molecular weight excluding hydrogens is 240 g/mol. The van der Waals surface area contributed by atoms with Gasteiger partial charge in [-0.1, -0.05) is 0 Å². The summed E-state index contributed by atoms with van der Waals surface area (Å²) in [6.45, 7) is 1.09. The second-order valence-corrected chi connectivity index (χ2v) is 4.15. The minimum Gasteiger partial charge on any atom is -0.493 e. The van der Waals surface area contributed by atoms with Gasteiger partial charge < -0.3 is 16.2 Å². The van der Waals surface area contributed by atoms with Crippen LogP contribution in [0.4, 0.5) is 0 Å². The minimum atomic E-state index is -0.441. The van der Waals surface area contributed by atoms with E-state index < -0.39 is 5.91 Å². The van der Waals surface area contributed by atoms with Crippen molar-refractivity contribution in [3.8, 4) is 5.75 Å². The highest BCUT2D eigenvalue weighted by atomic mass is 35.5. The number of carbonyl (C=O) groups excluding carboxylic acids is 1. The zero-order chi connectivity index (χ0) is 11.5. The van der Waals surface area contributed by atoms with Crippen molar-refractivity contribution in [1.82, 2.24) is 0 Å². The lowest BCUT2D eigenvalue weighted by Crippen LogP contribution is -2.12. The SMILES string of the molecule is Cl.NCc1cc(C(N)=O)ccc1OCC1CC1. The first kappa shape index (κ1) is 13.8. The molecule has 0 bridgehead atoms. The molecule has 0 aromatic heterocycles. The molecule has 5 heteroatoms. The summed E-state index contributed by atoms with van der Waals surface area (Å²) in [5, 5.41) is 0. The number of hydrogen-bond acceptors (Lipinski definition) is 3. The number of carbonyl (C=O) groups is 1. The van der Waals surface area contributed by atoms with Crippen molar-refractivity contribution in [2.24, 2.45) is 17.4 Å². The van der Waals surface area contributed by atoms with Gasteiger partial charge >= 0.3 is 0 Å². The van der Waals surface area contributed by atoms with Crippen molar-refractivity contribution in [2.75, 3.05) is 6.61 Å². The molecule has 1 aromatic rings. The number of primary amides is 1. The smallest absolute Gasteiger partial charge is 0.248 e. The molecule has 4 N–H and O–H groups in total. The number of hydrogen-bond donors (Lipinski definition) is 2. The van der Waals surface area contributed by atoms with Gasteiger partial charge in [0.15, 0.2) is 0 Å². The van der Waals surface area contributed by atoms with Crippen LogP contribution in [0.3, 0.4) is 0 Å². The molecule has 0 heterocycles. The van der Waals surface area contributed by atoms with Gasteiger partial charge in [0.1, 0.15) is 5.75 Å². The average Bonchev–Trinajstić information content (AvgIpc) is 3.09. The first-order chi connectivity index (χ1) is 7.70. The maximum absolute atomic E-state index is 11.0. The van der Waals surface area contributed by atoms with E-state index in [1.807, 2.05) is 0 Å². The topological polar surface area (TPSA) is 78.3 Å². The number of rotatable bonds is 5. The molecule has 94 valence electrons. The third-order valence-corrected chi connectivity index (χ3v) is 2.74. The molecule has 1 aromatic carbocycles. The molecule has 1 amide bonds. The Balaban J connectivity index is 0.00000144. The summed E-state index contributed by atoms with van der Waals surface area (Å²) in [5.74, 6) is 1.02. The molecule has 0 aliphatic heterocycles. The van der Waals surface area contributed by atoms with Gasteiger partial charge in [-0.2, -0.15) is 0 Å². The van der Waals surface area contributed by atoms with Crippen molar-refractivity contribution < 1.29 is 9.53 Å². The van der Waals surface area contributed by atoms with Crippen LogP contribution in [0, 0.1) is 5.92 Å². The molecule has 0 atom stereocenters. The number of amides is 1. The van der Waals surface area contributed by atoms with Gasteiger partial charge in [0.05, 0.1) is 6.61 Å². The molecule has 2 rings (SSSR count). The molecule has 0 spiro atoms. The number of nitrogens with two attached hydrogens (primary N) is 2. The van der Waals surface area contributed by atoms with E-state index in [-0.39, 0.29) is 12.4 Å². The van der Waals surface area contributed by atoms with Gasteiger partial charge in [-0.3, -0.25) is 4.79 Å². The summed E-state index contributed by atoms with van der Waals surface area (Å²) < 4.78 is 5.65. The van der Waals surface area contributed by atoms with Gasteiger partial charge in [0, 0.05) is 17.7 Å². The van der Waals surface area contributed by atoms with Crippen molar-refractivity contribution in [1.29, 1.82) is 0 Å². The minimum absolute atomic E-state index is 0. The first-order valence-electron chi connectivity index (χ1n) is 5.46. The van der Waals surface area contributed by atoms with Crippen molar-refractivity contribution in [3.05, 3.63) is 29.3 Å². The summed E-state index contributed by atoms with van der Waals surface area (Å²) in [7, 11) is 0. The average molecular weight is 257 g/mol. The highest BCUT2D eigenvalue weighted by molar-refractivity contribution is 5.93. The van der Waals surface area contributed by atoms with E-state index in [0.717, 1.165) is 17.9 Å². The highest BCUT2D eigenvalue weighted by Crippen LogP contribution is 2.30. The maximum atomic E-state index is 11.0. The molecule has 1 aliphatic carbocycles. The second-order valence-electron chi connectivity index (χ2n) is 4.15. The fourth-order valence-corrected chi connectivity index (χ4v) is 1.53. The molecule has 1 aliphatic rings. The van der Waals surface area contributed by atoms with Crippen LogP contribution in [0.2, 0.25) is 0 Å². The number of ether oxygens (including phenoxy) is 1. The zero-order valence-corrected chi connectivity index (χ0v) is 10.3. The summed E-state index contributed by atoms with van der Waals surface area (Å²) in [4.78, 5) is 11.0. The monoisotopic (exact) mass is 256 g/mol. The van der Waals surface area contributed by atoms with Gasteiger partial charge in [-0.05, 0) is 37.0 Å². The summed E-state index contributed by atoms with van der Waals surface area (Å²) in [5.41, 5.74) is 12.1. The molecule has 0 unspecified atom stereocenters. The van der Waals surface area contributed by atoms with Crippen LogP contribution in [0.25, 0.3) is 0 Å². The molecular formula is C12H17ClN2O2. The van der Waals surface area contributed by atoms with E-state index in [4.69, 9.17) is 16.2 Å². The van der Waals surface area contributed by atoms with Gasteiger partial charge in [-0.15, -0.1) is 12.4 Å². The van der Waals surface area contributed by atoms with Crippen molar-refractivity contribution in [2.45, 2.75) is 19.4 Å². The summed E-state index contributed by atoms with van der Waals surface area (Å²) in [6.07, 6.45) is 2.49. The maximum Gasteiger partial charge on any atom is 0.248 e. The predicted molar refractivity (Wildman–Crippen MR) is 68.3 cm³/mol. The van der Waals surface area contributed by atoms with E-state index in [1.165, 1.54) is 12.8 Å². The van der Waals surface area contributed by atoms with Crippen molar-refractivity contribution in [3.63, 3.8) is 0 Å². The Morgan fingerprint density at radius 3 is 2.65 bits per heavy atom. The van der Waals surface area contributed by atoms with Gasteiger partial charge in [0.2, 0.25) is 5.91 Å². The Bertz CT molecular complexity index is 405. The van der Waals surface area contributed by atoms with E-state index >= 15 is 0 Å². The molecule has 0 radical (unpaired) electrons. The fraction of sp³-hybridized carbons (Fsp3) is 0.417. The van der Waals surface area contributed by atoms with Gasteiger partial charge in [0.25, 0.3) is 0 Å². The van der Waals surface area contributed by atoms with Crippen LogP contribution in [0.1, 0.15) is 28.8 Å². The lowest BCUT2D eigenvalue weighted by molar-refractivity contribution is 0.1000. The Morgan fingerprint density at radius 2 is 2.12 bits per heavy atom. The summed E-state index contributed by atoms with van der Waals surface area (Å²) in [6, 6.07) is 5.14. The van der Waals surface area contributed by atoms with Crippen LogP contribution in [-0.4, -0.2) is 12.5 Å². The second kappa shape index (κ2) is 5.89. The predicted octanol–water partition coefficient (Wildman–Crippen LogP) is 1.45. The quantitative estimate of drug-likeness (QED) is 0.837. The molecule has 1 saturated carbocycles. The van der Waals surface area contributed by atoms with Crippen LogP contribution in [-0.2, 0) is 6.54 Å². The lowest BCUT2D eigenvalue weighted by Gasteiger charge is -2.10. The highest BCUT2D eigenvalue weighted by Gasteiger charge is 2.22. The Hall–Kier alpha value is -1.26. The molecule has 0 saturated heterocycles. The van der Waals surface area contributed by atoms with Gasteiger partial charge in [-0.25, -0.2) is 0 Å². The lowest BCUT2D eigenvalue weighted by atomic mass is 10.1. The largest absolute Gasteiger partial charge is 0.493 e.